The molecule has 0 atom stereocenters. The van der Waals surface area contributed by atoms with Gasteiger partial charge < -0.3 is 14.8 Å². The van der Waals surface area contributed by atoms with Crippen molar-refractivity contribution >= 4 is 23.1 Å². The van der Waals surface area contributed by atoms with Gasteiger partial charge in [0.1, 0.15) is 0 Å². The normalized spacial score (nSPS) is 11.9. The van der Waals surface area contributed by atoms with E-state index in [1.54, 1.807) is 6.08 Å². The molecule has 0 radical (unpaired) electrons. The number of carbonyl (C=O) groups is 1. The van der Waals surface area contributed by atoms with Gasteiger partial charge in [0.15, 0.2) is 11.4 Å². The molecule has 2 N–H and O–H groups in total. The Morgan fingerprint density at radius 2 is 1.60 bits per heavy atom. The Balaban J connectivity index is 1.97. The first-order valence-corrected chi connectivity index (χ1v) is 9.79. The lowest BCUT2D eigenvalue weighted by molar-refractivity contribution is -0.131. The molecule has 0 fully saturated rings. The largest absolute Gasteiger partial charge is 0.478 e. The number of imidazole rings is 1. The molecule has 3 aromatic carbocycles. The van der Waals surface area contributed by atoms with Gasteiger partial charge in [-0.1, -0.05) is 66.7 Å². The molecule has 0 aliphatic carbocycles. The average Bonchev–Trinajstić information content (AvgIpc) is 3.16. The van der Waals surface area contributed by atoms with Gasteiger partial charge in [0.25, 0.3) is 0 Å². The zero-order chi connectivity index (χ0) is 21.1. The Morgan fingerprint density at radius 3 is 2.13 bits per heavy atom. The van der Waals surface area contributed by atoms with Crippen LogP contribution in [-0.4, -0.2) is 25.7 Å². The first-order valence-electron chi connectivity index (χ1n) is 9.79. The number of hydrogen-bond acceptors (Lipinski definition) is 3. The van der Waals surface area contributed by atoms with E-state index in [1.807, 2.05) is 90.4 Å². The predicted octanol–water partition coefficient (Wildman–Crippen LogP) is 4.44. The van der Waals surface area contributed by atoms with Crippen LogP contribution in [0.3, 0.4) is 0 Å². The number of carboxylic acids is 1. The fraction of sp³-hybridized carbons (Fsp3) is 0.120. The number of nitrogens with zero attached hydrogens (tertiary/aromatic N) is 2. The number of fused-ring (bicyclic) bond motifs is 1. The van der Waals surface area contributed by atoms with Crippen LogP contribution >= 0.6 is 0 Å². The minimum Gasteiger partial charge on any atom is -0.478 e. The summed E-state index contributed by atoms with van der Waals surface area (Å²) in [7, 11) is 0. The second-order valence-electron chi connectivity index (χ2n) is 7.04. The summed E-state index contributed by atoms with van der Waals surface area (Å²) in [5.74, 6) is -0.473. The molecule has 0 bridgehead atoms. The number of hydrogen-bond donors (Lipinski definition) is 2. The van der Waals surface area contributed by atoms with Crippen molar-refractivity contribution in [3.8, 4) is 0 Å². The van der Waals surface area contributed by atoms with Crippen LogP contribution in [0, 0.1) is 0 Å². The van der Waals surface area contributed by atoms with Crippen LogP contribution in [0.4, 0.5) is 0 Å². The Bertz CT molecular complexity index is 1170. The summed E-state index contributed by atoms with van der Waals surface area (Å²) in [5, 5.41) is 21.0. The molecule has 150 valence electrons. The summed E-state index contributed by atoms with van der Waals surface area (Å²) in [6, 6.07) is 24.6. The third-order valence-corrected chi connectivity index (χ3v) is 5.21. The molecule has 4 rings (SSSR count). The van der Waals surface area contributed by atoms with E-state index in [0.717, 1.165) is 33.8 Å². The lowest BCUT2D eigenvalue weighted by atomic mass is 9.85. The van der Waals surface area contributed by atoms with E-state index in [0.29, 0.717) is 12.4 Å². The van der Waals surface area contributed by atoms with Crippen molar-refractivity contribution in [3.05, 3.63) is 107 Å². The zero-order valence-electron chi connectivity index (χ0n) is 16.6. The van der Waals surface area contributed by atoms with Crippen LogP contribution in [0.25, 0.3) is 17.1 Å². The van der Waals surface area contributed by atoms with Crippen LogP contribution in [0.15, 0.2) is 84.9 Å². The van der Waals surface area contributed by atoms with Gasteiger partial charge in [-0.3, -0.25) is 0 Å². The summed E-state index contributed by atoms with van der Waals surface area (Å²) < 4.78 is 1.98. The van der Waals surface area contributed by atoms with Gasteiger partial charge in [0, 0.05) is 12.6 Å². The maximum absolute atomic E-state index is 12.1. The van der Waals surface area contributed by atoms with Crippen molar-refractivity contribution in [2.75, 3.05) is 0 Å². The Kier molecular flexibility index (Phi) is 5.21. The summed E-state index contributed by atoms with van der Waals surface area (Å²) >= 11 is 0. The zero-order valence-corrected chi connectivity index (χ0v) is 16.6. The summed E-state index contributed by atoms with van der Waals surface area (Å²) in [4.78, 5) is 15.7. The third-order valence-electron chi connectivity index (χ3n) is 5.21. The van der Waals surface area contributed by atoms with E-state index >= 15 is 0 Å². The molecule has 30 heavy (non-hydrogen) atoms. The van der Waals surface area contributed by atoms with E-state index in [4.69, 9.17) is 10.1 Å². The number of aliphatic carboxylic acids is 1. The van der Waals surface area contributed by atoms with Gasteiger partial charge in [-0.2, -0.15) is 0 Å². The molecule has 1 aromatic heterocycles. The van der Waals surface area contributed by atoms with Gasteiger partial charge in [-0.15, -0.1) is 0 Å². The molecule has 0 aliphatic heterocycles. The maximum atomic E-state index is 12.1. The van der Waals surface area contributed by atoms with Crippen molar-refractivity contribution in [1.82, 2.24) is 9.55 Å². The minimum atomic E-state index is -1.44. The molecule has 4 aromatic rings. The Hall–Kier alpha value is -3.70. The number of carboxylic acid groups (broad SMARTS) is 1. The fourth-order valence-electron chi connectivity index (χ4n) is 3.79. The first-order chi connectivity index (χ1) is 14.5. The lowest BCUT2D eigenvalue weighted by Gasteiger charge is -2.29. The van der Waals surface area contributed by atoms with Crippen LogP contribution in [0.5, 0.6) is 0 Å². The molecule has 0 saturated heterocycles. The minimum absolute atomic E-state index is 0.525. The number of benzene rings is 3. The molecule has 5 nitrogen and oxygen atoms in total. The van der Waals surface area contributed by atoms with Crippen molar-refractivity contribution in [2.24, 2.45) is 0 Å². The molecule has 0 aliphatic rings. The first kappa shape index (κ1) is 19.6. The molecule has 0 amide bonds. The van der Waals surface area contributed by atoms with Crippen LogP contribution in [0.1, 0.15) is 29.4 Å². The highest BCUT2D eigenvalue weighted by Crippen LogP contribution is 2.37. The Morgan fingerprint density at radius 1 is 1.00 bits per heavy atom. The number of rotatable bonds is 6. The summed E-state index contributed by atoms with van der Waals surface area (Å²) in [6.07, 6.45) is 2.66. The van der Waals surface area contributed by atoms with Crippen LogP contribution in [-0.2, 0) is 16.9 Å². The van der Waals surface area contributed by atoms with Gasteiger partial charge >= 0.3 is 5.97 Å². The summed E-state index contributed by atoms with van der Waals surface area (Å²) in [6.45, 7) is 2.60. The molecular weight excluding hydrogens is 376 g/mol. The molecule has 0 unspecified atom stereocenters. The number of aliphatic hydroxyl groups is 1. The second kappa shape index (κ2) is 7.97. The SMILES string of the molecule is CCn1c(C(O)(c2ccccc2)c2ccccc2)nc2ccc(/C=C/C(=O)O)cc21. The van der Waals surface area contributed by atoms with Gasteiger partial charge in [-0.05, 0) is 41.8 Å². The smallest absolute Gasteiger partial charge is 0.328 e. The fourth-order valence-corrected chi connectivity index (χ4v) is 3.79. The predicted molar refractivity (Wildman–Crippen MR) is 117 cm³/mol. The van der Waals surface area contributed by atoms with Crippen LogP contribution < -0.4 is 0 Å². The number of aryl methyl sites for hydroxylation is 1. The topological polar surface area (TPSA) is 75.3 Å². The van der Waals surface area contributed by atoms with E-state index in [1.165, 1.54) is 0 Å². The monoisotopic (exact) mass is 398 g/mol. The highest BCUT2D eigenvalue weighted by atomic mass is 16.4. The standard InChI is InChI=1S/C25H22N2O3/c1-2-27-22-17-18(14-16-23(28)29)13-15-21(22)26-24(27)25(30,19-9-5-3-6-10-19)20-11-7-4-8-12-20/h3-17,30H,2H2,1H3,(H,28,29)/b16-14+. The van der Waals surface area contributed by atoms with Crippen molar-refractivity contribution in [1.29, 1.82) is 0 Å². The number of aromatic nitrogens is 2. The van der Waals surface area contributed by atoms with E-state index in [2.05, 4.69) is 0 Å². The highest BCUT2D eigenvalue weighted by Gasteiger charge is 2.38. The third kappa shape index (κ3) is 3.40. The van der Waals surface area contributed by atoms with Gasteiger partial charge in [0.2, 0.25) is 0 Å². The van der Waals surface area contributed by atoms with E-state index in [-0.39, 0.29) is 0 Å². The van der Waals surface area contributed by atoms with Crippen molar-refractivity contribution < 1.29 is 15.0 Å². The maximum Gasteiger partial charge on any atom is 0.328 e. The average molecular weight is 398 g/mol. The van der Waals surface area contributed by atoms with E-state index in [9.17, 15) is 9.90 Å². The lowest BCUT2D eigenvalue weighted by Crippen LogP contribution is -2.32. The van der Waals surface area contributed by atoms with E-state index < -0.39 is 11.6 Å². The second-order valence-corrected chi connectivity index (χ2v) is 7.04. The van der Waals surface area contributed by atoms with Gasteiger partial charge in [0.05, 0.1) is 11.0 Å². The van der Waals surface area contributed by atoms with Crippen molar-refractivity contribution in [2.45, 2.75) is 19.1 Å². The molecular formula is C25H22N2O3. The molecule has 0 saturated carbocycles. The quantitative estimate of drug-likeness (QED) is 0.471. The molecule has 0 spiro atoms. The summed E-state index contributed by atoms with van der Waals surface area (Å²) in [5.41, 5.74) is 2.36. The van der Waals surface area contributed by atoms with Gasteiger partial charge in [-0.25, -0.2) is 9.78 Å². The van der Waals surface area contributed by atoms with Crippen molar-refractivity contribution in [3.63, 3.8) is 0 Å². The Labute approximate surface area is 174 Å². The highest BCUT2D eigenvalue weighted by molar-refractivity contribution is 5.87. The van der Waals surface area contributed by atoms with Crippen LogP contribution in [0.2, 0.25) is 0 Å². The molecule has 5 heteroatoms. The molecule has 1 heterocycles.